The van der Waals surface area contributed by atoms with Crippen LogP contribution in [0.25, 0.3) is 0 Å². The van der Waals surface area contributed by atoms with Gasteiger partial charge in [0.15, 0.2) is 0 Å². The Bertz CT molecular complexity index is 691. The van der Waals surface area contributed by atoms with E-state index in [-0.39, 0.29) is 18.2 Å². The lowest BCUT2D eigenvalue weighted by molar-refractivity contribution is -0.142. The van der Waals surface area contributed by atoms with E-state index in [2.05, 4.69) is 10.6 Å². The molecule has 0 aromatic heterocycles. The lowest BCUT2D eigenvalue weighted by atomic mass is 9.81. The van der Waals surface area contributed by atoms with Crippen molar-refractivity contribution in [1.29, 1.82) is 0 Å². The molecule has 160 valence electrons. The first kappa shape index (κ1) is 22.7. The molecule has 0 bridgehead atoms. The summed E-state index contributed by atoms with van der Waals surface area (Å²) in [6.45, 7) is 5.98. The van der Waals surface area contributed by atoms with Gasteiger partial charge in [0, 0.05) is 18.9 Å². The summed E-state index contributed by atoms with van der Waals surface area (Å²) in [5.41, 5.74) is 0.345. The molecule has 1 unspecified atom stereocenters. The van der Waals surface area contributed by atoms with Gasteiger partial charge in [-0.2, -0.15) is 0 Å². The van der Waals surface area contributed by atoms with Crippen LogP contribution in [0.3, 0.4) is 0 Å². The van der Waals surface area contributed by atoms with E-state index in [4.69, 9.17) is 4.74 Å². The van der Waals surface area contributed by atoms with Gasteiger partial charge < -0.3 is 20.5 Å². The van der Waals surface area contributed by atoms with Gasteiger partial charge in [0.25, 0.3) is 0 Å². The molecule has 1 saturated carbocycles. The fourth-order valence-corrected chi connectivity index (χ4v) is 3.51. The molecule has 1 fully saturated rings. The van der Waals surface area contributed by atoms with E-state index in [0.29, 0.717) is 25.3 Å². The van der Waals surface area contributed by atoms with Crippen molar-refractivity contribution >= 4 is 18.0 Å². The number of hydrogen-bond acceptors (Lipinski definition) is 4. The normalized spacial score (nSPS) is 20.4. The Balaban J connectivity index is 1.77. The number of carbonyl (C=O) groups is 3. The molecule has 2 amide bonds. The van der Waals surface area contributed by atoms with Crippen molar-refractivity contribution < 1.29 is 24.2 Å². The van der Waals surface area contributed by atoms with Crippen LogP contribution in [0.4, 0.5) is 4.79 Å². The molecule has 1 aliphatic rings. The number of carbonyl (C=O) groups excluding carboxylic acids is 2. The first-order chi connectivity index (χ1) is 13.6. The SMILES string of the molecule is CC(C)(C)OC(=O)NC[C@H]1CC[C@H](C(=O)NC(Cc2ccccc2)C(=O)O)CC1. The van der Waals surface area contributed by atoms with Crippen LogP contribution in [0.2, 0.25) is 0 Å². The second-order valence-corrected chi connectivity index (χ2v) is 8.69. The summed E-state index contributed by atoms with van der Waals surface area (Å²) >= 11 is 0. The highest BCUT2D eigenvalue weighted by Crippen LogP contribution is 2.28. The molecule has 0 saturated heterocycles. The van der Waals surface area contributed by atoms with E-state index in [0.717, 1.165) is 18.4 Å². The molecule has 7 heteroatoms. The average molecular weight is 405 g/mol. The van der Waals surface area contributed by atoms with E-state index >= 15 is 0 Å². The Morgan fingerprint density at radius 1 is 1.10 bits per heavy atom. The number of benzene rings is 1. The molecule has 1 aromatic carbocycles. The van der Waals surface area contributed by atoms with E-state index < -0.39 is 23.7 Å². The van der Waals surface area contributed by atoms with Crippen LogP contribution in [0.5, 0.6) is 0 Å². The van der Waals surface area contributed by atoms with Gasteiger partial charge in [0.2, 0.25) is 5.91 Å². The number of nitrogens with one attached hydrogen (secondary N) is 2. The van der Waals surface area contributed by atoms with Crippen LogP contribution >= 0.6 is 0 Å². The van der Waals surface area contributed by atoms with E-state index in [1.165, 1.54) is 0 Å². The third-order valence-corrected chi connectivity index (χ3v) is 5.05. The van der Waals surface area contributed by atoms with Crippen LogP contribution in [-0.2, 0) is 20.7 Å². The first-order valence-corrected chi connectivity index (χ1v) is 10.2. The molecule has 0 heterocycles. The number of amides is 2. The molecule has 0 spiro atoms. The van der Waals surface area contributed by atoms with Crippen LogP contribution < -0.4 is 10.6 Å². The van der Waals surface area contributed by atoms with Crippen LogP contribution in [0.1, 0.15) is 52.0 Å². The van der Waals surface area contributed by atoms with Crippen molar-refractivity contribution in [2.24, 2.45) is 11.8 Å². The van der Waals surface area contributed by atoms with Crippen LogP contribution in [-0.4, -0.2) is 41.3 Å². The van der Waals surface area contributed by atoms with Gasteiger partial charge in [0.05, 0.1) is 0 Å². The molecule has 0 aliphatic heterocycles. The highest BCUT2D eigenvalue weighted by molar-refractivity contribution is 5.85. The van der Waals surface area contributed by atoms with Crippen LogP contribution in [0.15, 0.2) is 30.3 Å². The Kier molecular flexibility index (Phi) is 8.05. The Morgan fingerprint density at radius 3 is 2.28 bits per heavy atom. The van der Waals surface area contributed by atoms with Gasteiger partial charge in [-0.3, -0.25) is 4.79 Å². The number of carboxylic acid groups (broad SMARTS) is 1. The summed E-state index contributed by atoms with van der Waals surface area (Å²) in [6.07, 6.45) is 2.82. The largest absolute Gasteiger partial charge is 0.480 e. The summed E-state index contributed by atoms with van der Waals surface area (Å²) in [5.74, 6) is -1.12. The highest BCUT2D eigenvalue weighted by Gasteiger charge is 2.30. The summed E-state index contributed by atoms with van der Waals surface area (Å²) in [4.78, 5) is 35.9. The maximum Gasteiger partial charge on any atom is 0.407 e. The lowest BCUT2D eigenvalue weighted by Gasteiger charge is -2.29. The molecular formula is C22H32N2O5. The Labute approximate surface area is 172 Å². The number of carboxylic acids is 1. The number of ether oxygens (including phenoxy) is 1. The monoisotopic (exact) mass is 404 g/mol. The van der Waals surface area contributed by atoms with Gasteiger partial charge in [-0.05, 0) is 57.9 Å². The zero-order chi connectivity index (χ0) is 21.4. The first-order valence-electron chi connectivity index (χ1n) is 10.2. The Morgan fingerprint density at radius 2 is 1.72 bits per heavy atom. The number of aliphatic carboxylic acids is 1. The van der Waals surface area contributed by atoms with Gasteiger partial charge >= 0.3 is 12.1 Å². The predicted molar refractivity (Wildman–Crippen MR) is 109 cm³/mol. The maximum atomic E-state index is 12.6. The quantitative estimate of drug-likeness (QED) is 0.648. The van der Waals surface area contributed by atoms with Gasteiger partial charge in [0.1, 0.15) is 11.6 Å². The van der Waals surface area contributed by atoms with Crippen molar-refractivity contribution in [1.82, 2.24) is 10.6 Å². The molecule has 0 radical (unpaired) electrons. The van der Waals surface area contributed by atoms with Gasteiger partial charge in [-0.1, -0.05) is 30.3 Å². The fraction of sp³-hybridized carbons (Fsp3) is 0.591. The Hall–Kier alpha value is -2.57. The van der Waals surface area contributed by atoms with Crippen molar-refractivity contribution in [3.63, 3.8) is 0 Å². The summed E-state index contributed by atoms with van der Waals surface area (Å²) in [7, 11) is 0. The van der Waals surface area contributed by atoms with E-state index in [1.54, 1.807) is 0 Å². The molecule has 1 aromatic rings. The molecule has 29 heavy (non-hydrogen) atoms. The summed E-state index contributed by atoms with van der Waals surface area (Å²) in [6, 6.07) is 8.34. The van der Waals surface area contributed by atoms with Gasteiger partial charge in [-0.15, -0.1) is 0 Å². The summed E-state index contributed by atoms with van der Waals surface area (Å²) in [5, 5.41) is 14.9. The highest BCUT2D eigenvalue weighted by atomic mass is 16.6. The molecule has 1 aliphatic carbocycles. The average Bonchev–Trinajstić information content (AvgIpc) is 2.65. The lowest BCUT2D eigenvalue weighted by Crippen LogP contribution is -2.46. The second-order valence-electron chi connectivity index (χ2n) is 8.69. The standard InChI is InChI=1S/C22H32N2O5/c1-22(2,3)29-21(28)23-14-16-9-11-17(12-10-16)19(25)24-18(20(26)27)13-15-7-5-4-6-8-15/h4-8,16-18H,9-14H2,1-3H3,(H,23,28)(H,24,25)(H,26,27)/t16-,17-,18?. The third-order valence-electron chi connectivity index (χ3n) is 5.05. The number of rotatable bonds is 7. The topological polar surface area (TPSA) is 105 Å². The second kappa shape index (κ2) is 10.3. The molecule has 1 atom stereocenters. The number of hydrogen-bond donors (Lipinski definition) is 3. The van der Waals surface area contributed by atoms with Crippen LogP contribution in [0, 0.1) is 11.8 Å². The molecule has 3 N–H and O–H groups in total. The smallest absolute Gasteiger partial charge is 0.407 e. The minimum atomic E-state index is -1.03. The third kappa shape index (κ3) is 8.13. The number of alkyl carbamates (subject to hydrolysis) is 1. The molecular weight excluding hydrogens is 372 g/mol. The van der Waals surface area contributed by atoms with E-state index in [9.17, 15) is 19.5 Å². The van der Waals surface area contributed by atoms with Gasteiger partial charge in [-0.25, -0.2) is 9.59 Å². The zero-order valence-electron chi connectivity index (χ0n) is 17.4. The van der Waals surface area contributed by atoms with Crippen molar-refractivity contribution in [3.8, 4) is 0 Å². The summed E-state index contributed by atoms with van der Waals surface area (Å²) < 4.78 is 5.23. The van der Waals surface area contributed by atoms with Crippen molar-refractivity contribution in [2.45, 2.75) is 64.5 Å². The van der Waals surface area contributed by atoms with E-state index in [1.807, 2.05) is 51.1 Å². The predicted octanol–water partition coefficient (Wildman–Crippen LogP) is 3.13. The molecule has 2 rings (SSSR count). The fourth-order valence-electron chi connectivity index (χ4n) is 3.51. The van der Waals surface area contributed by atoms with Crippen molar-refractivity contribution in [3.05, 3.63) is 35.9 Å². The minimum Gasteiger partial charge on any atom is -0.480 e. The molecule has 7 nitrogen and oxygen atoms in total. The zero-order valence-corrected chi connectivity index (χ0v) is 17.4. The van der Waals surface area contributed by atoms with Crippen molar-refractivity contribution in [2.75, 3.05) is 6.54 Å². The maximum absolute atomic E-state index is 12.6. The minimum absolute atomic E-state index is 0.189.